The molecule has 5 heteroatoms. The van der Waals surface area contributed by atoms with E-state index in [9.17, 15) is 8.42 Å². The number of rotatable bonds is 8. The van der Waals surface area contributed by atoms with Crippen molar-refractivity contribution in [1.82, 2.24) is 4.31 Å². The van der Waals surface area contributed by atoms with Gasteiger partial charge in [-0.2, -0.15) is 4.31 Å². The van der Waals surface area contributed by atoms with Gasteiger partial charge >= 0.3 is 0 Å². The van der Waals surface area contributed by atoms with Crippen molar-refractivity contribution in [2.24, 2.45) is 11.7 Å². The van der Waals surface area contributed by atoms with E-state index in [0.29, 0.717) is 12.5 Å². The molecule has 0 bridgehead atoms. The van der Waals surface area contributed by atoms with Crippen LogP contribution in [0.25, 0.3) is 0 Å². The summed E-state index contributed by atoms with van der Waals surface area (Å²) < 4.78 is 26.5. The van der Waals surface area contributed by atoms with Gasteiger partial charge in [0.25, 0.3) is 0 Å². The first-order valence-electron chi connectivity index (χ1n) is 6.51. The van der Waals surface area contributed by atoms with E-state index in [1.54, 1.807) is 11.2 Å². The molecule has 0 aromatic heterocycles. The molecule has 0 rings (SSSR count). The predicted octanol–water partition coefficient (Wildman–Crippen LogP) is 1.81. The summed E-state index contributed by atoms with van der Waals surface area (Å²) in [7, 11) is -3.26. The molecule has 0 fully saturated rings. The van der Waals surface area contributed by atoms with Crippen molar-refractivity contribution in [3.05, 3.63) is 0 Å². The molecule has 4 nitrogen and oxygen atoms in total. The maximum atomic E-state index is 12.4. The van der Waals surface area contributed by atoms with Gasteiger partial charge in [0.2, 0.25) is 10.0 Å². The van der Waals surface area contributed by atoms with Gasteiger partial charge in [0.1, 0.15) is 0 Å². The zero-order valence-electron chi connectivity index (χ0n) is 11.8. The number of hydrogen-bond donors (Lipinski definition) is 1. The van der Waals surface area contributed by atoms with E-state index in [-0.39, 0.29) is 12.6 Å². The van der Waals surface area contributed by atoms with Crippen molar-refractivity contribution in [3.63, 3.8) is 0 Å². The average molecular weight is 264 g/mol. The Bertz CT molecular complexity index is 298. The van der Waals surface area contributed by atoms with Crippen molar-refractivity contribution < 1.29 is 8.42 Å². The van der Waals surface area contributed by atoms with E-state index >= 15 is 0 Å². The fraction of sp³-hybridized carbons (Fsp3) is 1.00. The number of nitrogens with two attached hydrogens (primary N) is 1. The van der Waals surface area contributed by atoms with E-state index in [4.69, 9.17) is 5.73 Å². The van der Waals surface area contributed by atoms with Crippen LogP contribution in [0.1, 0.15) is 47.5 Å². The largest absolute Gasteiger partial charge is 0.329 e. The summed E-state index contributed by atoms with van der Waals surface area (Å²) in [5.41, 5.74) is 5.50. The second-order valence-corrected chi connectivity index (χ2v) is 7.33. The van der Waals surface area contributed by atoms with Crippen LogP contribution in [-0.2, 0) is 10.0 Å². The van der Waals surface area contributed by atoms with Gasteiger partial charge < -0.3 is 5.73 Å². The van der Waals surface area contributed by atoms with Crippen molar-refractivity contribution in [2.75, 3.05) is 13.1 Å². The lowest BCUT2D eigenvalue weighted by Crippen LogP contribution is -2.47. The Kier molecular flexibility index (Phi) is 7.28. The Balaban J connectivity index is 5.16. The van der Waals surface area contributed by atoms with Gasteiger partial charge in [0.05, 0.1) is 5.25 Å². The minimum absolute atomic E-state index is 0.0939. The van der Waals surface area contributed by atoms with Crippen molar-refractivity contribution in [2.45, 2.75) is 58.8 Å². The predicted molar refractivity (Wildman–Crippen MR) is 73.4 cm³/mol. The van der Waals surface area contributed by atoms with E-state index in [2.05, 4.69) is 0 Å². The van der Waals surface area contributed by atoms with Gasteiger partial charge in [0, 0.05) is 19.1 Å². The Hall–Kier alpha value is -0.130. The zero-order valence-corrected chi connectivity index (χ0v) is 12.6. The summed E-state index contributed by atoms with van der Waals surface area (Å²) in [5, 5.41) is -0.498. The van der Waals surface area contributed by atoms with Gasteiger partial charge in [-0.15, -0.1) is 0 Å². The Morgan fingerprint density at radius 1 is 1.12 bits per heavy atom. The van der Waals surface area contributed by atoms with Crippen LogP contribution in [0.15, 0.2) is 0 Å². The van der Waals surface area contributed by atoms with Gasteiger partial charge in [-0.3, -0.25) is 0 Å². The minimum Gasteiger partial charge on any atom is -0.329 e. The molecular weight excluding hydrogens is 236 g/mol. The van der Waals surface area contributed by atoms with Crippen molar-refractivity contribution >= 4 is 10.0 Å². The molecule has 2 N–H and O–H groups in total. The zero-order chi connectivity index (χ0) is 13.6. The molecule has 0 saturated carbocycles. The molecule has 104 valence electrons. The summed E-state index contributed by atoms with van der Waals surface area (Å²) in [4.78, 5) is 0. The average Bonchev–Trinajstić information content (AvgIpc) is 2.27. The molecule has 0 saturated heterocycles. The van der Waals surface area contributed by atoms with Crippen LogP contribution in [-0.4, -0.2) is 37.1 Å². The lowest BCUT2D eigenvalue weighted by atomic mass is 10.1. The summed E-state index contributed by atoms with van der Waals surface area (Å²) in [6, 6.07) is 0.0939. The second-order valence-electron chi connectivity index (χ2n) is 5.03. The molecule has 0 aromatic rings. The fourth-order valence-corrected chi connectivity index (χ4v) is 3.79. The van der Waals surface area contributed by atoms with Crippen molar-refractivity contribution in [3.8, 4) is 0 Å². The van der Waals surface area contributed by atoms with Crippen LogP contribution in [0.4, 0.5) is 0 Å². The molecular formula is C12H28N2O2S. The molecule has 1 unspecified atom stereocenters. The smallest absolute Gasteiger partial charge is 0.218 e. The first-order valence-corrected chi connectivity index (χ1v) is 8.02. The molecule has 0 radical (unpaired) electrons. The van der Waals surface area contributed by atoms with Crippen LogP contribution in [0.3, 0.4) is 0 Å². The molecule has 0 aliphatic carbocycles. The second kappa shape index (κ2) is 7.34. The third-order valence-corrected chi connectivity index (χ3v) is 5.37. The highest BCUT2D eigenvalue weighted by molar-refractivity contribution is 7.89. The monoisotopic (exact) mass is 264 g/mol. The maximum absolute atomic E-state index is 12.4. The van der Waals surface area contributed by atoms with E-state index in [1.165, 1.54) is 0 Å². The number of sulfonamides is 1. The topological polar surface area (TPSA) is 63.4 Å². The Labute approximate surface area is 107 Å². The first kappa shape index (κ1) is 16.9. The maximum Gasteiger partial charge on any atom is 0.218 e. The van der Waals surface area contributed by atoms with Crippen LogP contribution in [0, 0.1) is 5.92 Å². The van der Waals surface area contributed by atoms with Gasteiger partial charge in [-0.05, 0) is 25.7 Å². The number of hydrogen-bond acceptors (Lipinski definition) is 3. The van der Waals surface area contributed by atoms with Crippen LogP contribution in [0.5, 0.6) is 0 Å². The molecule has 0 aliphatic rings. The fourth-order valence-electron chi connectivity index (χ4n) is 1.87. The molecule has 0 aliphatic heterocycles. The quantitative estimate of drug-likeness (QED) is 0.727. The number of nitrogens with zero attached hydrogens (tertiary/aromatic N) is 1. The van der Waals surface area contributed by atoms with Crippen LogP contribution >= 0.6 is 0 Å². The first-order chi connectivity index (χ1) is 7.81. The third-order valence-electron chi connectivity index (χ3n) is 3.06. The van der Waals surface area contributed by atoms with Gasteiger partial charge in [0.15, 0.2) is 0 Å². The summed E-state index contributed by atoms with van der Waals surface area (Å²) in [5.74, 6) is 0.329. The molecule has 0 amide bonds. The Morgan fingerprint density at radius 2 is 1.59 bits per heavy atom. The summed E-state index contributed by atoms with van der Waals surface area (Å²) in [6.45, 7) is 10.6. The molecule has 17 heavy (non-hydrogen) atoms. The highest BCUT2D eigenvalue weighted by Gasteiger charge is 2.32. The summed E-state index contributed by atoms with van der Waals surface area (Å²) >= 11 is 0. The van der Waals surface area contributed by atoms with Crippen LogP contribution < -0.4 is 5.73 Å². The van der Waals surface area contributed by atoms with Crippen LogP contribution in [0.2, 0.25) is 0 Å². The Morgan fingerprint density at radius 3 is 1.88 bits per heavy atom. The lowest BCUT2D eigenvalue weighted by molar-refractivity contribution is 0.274. The minimum atomic E-state index is -3.26. The normalized spacial score (nSPS) is 14.9. The standard InChI is InChI=1S/C12H28N2O2S/c1-6-12(7-2)14(9-10(3)4)17(15,16)11(5)8-13/h10-12H,6-9,13H2,1-5H3. The molecule has 1 atom stereocenters. The highest BCUT2D eigenvalue weighted by Crippen LogP contribution is 2.19. The van der Waals surface area contributed by atoms with E-state index in [1.807, 2.05) is 27.7 Å². The molecule has 0 aromatic carbocycles. The van der Waals surface area contributed by atoms with E-state index < -0.39 is 15.3 Å². The molecule has 0 spiro atoms. The lowest BCUT2D eigenvalue weighted by Gasteiger charge is -2.33. The highest BCUT2D eigenvalue weighted by atomic mass is 32.2. The van der Waals surface area contributed by atoms with E-state index in [0.717, 1.165) is 12.8 Å². The summed E-state index contributed by atoms with van der Waals surface area (Å²) in [6.07, 6.45) is 1.69. The van der Waals surface area contributed by atoms with Crippen molar-refractivity contribution in [1.29, 1.82) is 0 Å². The van der Waals surface area contributed by atoms with Gasteiger partial charge in [-0.25, -0.2) is 8.42 Å². The van der Waals surface area contributed by atoms with Gasteiger partial charge in [-0.1, -0.05) is 27.7 Å². The SMILES string of the molecule is CCC(CC)N(CC(C)C)S(=O)(=O)C(C)CN. The third kappa shape index (κ3) is 4.56. The molecule has 0 heterocycles.